The third-order valence-electron chi connectivity index (χ3n) is 3.71. The summed E-state index contributed by atoms with van der Waals surface area (Å²) in [5, 5.41) is 12.1. The third kappa shape index (κ3) is 4.41. The molecular formula is C19H24N2O3. The number of para-hydroxylation sites is 1. The van der Waals surface area contributed by atoms with Gasteiger partial charge in [-0.15, -0.1) is 0 Å². The maximum absolute atomic E-state index is 12.3. The van der Waals surface area contributed by atoms with Crippen LogP contribution in [0.25, 0.3) is 0 Å². The zero-order valence-corrected chi connectivity index (χ0v) is 14.5. The number of aromatic hydroxyl groups is 1. The Kier molecular flexibility index (Phi) is 5.68. The first kappa shape index (κ1) is 17.7. The fourth-order valence-corrected chi connectivity index (χ4v) is 2.35. The molecule has 2 rings (SSSR count). The van der Waals surface area contributed by atoms with E-state index in [1.165, 1.54) is 17.0 Å². The number of urea groups is 1. The standard InChI is InChI=1S/C19H24N2O3/c1-13(2)17-7-5-6-8-18(17)24-14(3)20-19(23)21(4)15-9-11-16(22)12-10-15/h5-14,22H,1-4H3,(H,20,23). The minimum absolute atomic E-state index is 0.162. The van der Waals surface area contributed by atoms with Gasteiger partial charge < -0.3 is 15.2 Å². The molecule has 2 aromatic rings. The van der Waals surface area contributed by atoms with Gasteiger partial charge in [0.2, 0.25) is 0 Å². The molecule has 0 spiro atoms. The number of carbonyl (C=O) groups excluding carboxylic acids is 1. The van der Waals surface area contributed by atoms with Crippen LogP contribution in [0.1, 0.15) is 32.3 Å². The average Bonchev–Trinajstić information content (AvgIpc) is 2.55. The predicted octanol–water partition coefficient (Wildman–Crippen LogP) is 4.09. The van der Waals surface area contributed by atoms with Gasteiger partial charge in [0.15, 0.2) is 6.23 Å². The van der Waals surface area contributed by atoms with Crippen molar-refractivity contribution in [3.63, 3.8) is 0 Å². The Morgan fingerprint density at radius 1 is 1.08 bits per heavy atom. The van der Waals surface area contributed by atoms with Crippen molar-refractivity contribution in [2.45, 2.75) is 32.9 Å². The summed E-state index contributed by atoms with van der Waals surface area (Å²) in [5.41, 5.74) is 1.78. The van der Waals surface area contributed by atoms with Crippen LogP contribution >= 0.6 is 0 Å². The first-order valence-electron chi connectivity index (χ1n) is 7.97. The van der Waals surface area contributed by atoms with Gasteiger partial charge in [0.25, 0.3) is 0 Å². The van der Waals surface area contributed by atoms with Crippen molar-refractivity contribution < 1.29 is 14.6 Å². The van der Waals surface area contributed by atoms with E-state index >= 15 is 0 Å². The molecule has 5 nitrogen and oxygen atoms in total. The molecule has 0 saturated heterocycles. The van der Waals surface area contributed by atoms with E-state index in [9.17, 15) is 9.90 Å². The fraction of sp³-hybridized carbons (Fsp3) is 0.316. The Morgan fingerprint density at radius 2 is 1.71 bits per heavy atom. The van der Waals surface area contributed by atoms with Crippen molar-refractivity contribution in [3.8, 4) is 11.5 Å². The van der Waals surface area contributed by atoms with Crippen LogP contribution in [0, 0.1) is 0 Å². The predicted molar refractivity (Wildman–Crippen MR) is 95.7 cm³/mol. The van der Waals surface area contributed by atoms with Crippen LogP contribution in [0.4, 0.5) is 10.5 Å². The molecule has 128 valence electrons. The molecule has 24 heavy (non-hydrogen) atoms. The highest BCUT2D eigenvalue weighted by Crippen LogP contribution is 2.26. The normalized spacial score (nSPS) is 11.9. The zero-order chi connectivity index (χ0) is 17.7. The molecule has 0 bridgehead atoms. The number of hydrogen-bond acceptors (Lipinski definition) is 3. The molecule has 0 aliphatic carbocycles. The summed E-state index contributed by atoms with van der Waals surface area (Å²) in [6.45, 7) is 5.99. The van der Waals surface area contributed by atoms with E-state index in [0.717, 1.165) is 11.3 Å². The fourth-order valence-electron chi connectivity index (χ4n) is 2.35. The molecule has 5 heteroatoms. The molecule has 0 radical (unpaired) electrons. The summed E-state index contributed by atoms with van der Waals surface area (Å²) in [6.07, 6.45) is -0.475. The number of phenolic OH excluding ortho intramolecular Hbond substituents is 1. The van der Waals surface area contributed by atoms with Gasteiger partial charge >= 0.3 is 6.03 Å². The molecule has 0 aliphatic heterocycles. The smallest absolute Gasteiger partial charge is 0.324 e. The monoisotopic (exact) mass is 328 g/mol. The second-order valence-electron chi connectivity index (χ2n) is 5.98. The van der Waals surface area contributed by atoms with E-state index in [1.54, 1.807) is 26.1 Å². The number of hydrogen-bond donors (Lipinski definition) is 2. The number of amides is 2. The van der Waals surface area contributed by atoms with Crippen LogP contribution in [0.5, 0.6) is 11.5 Å². The molecule has 0 saturated carbocycles. The zero-order valence-electron chi connectivity index (χ0n) is 14.5. The van der Waals surface area contributed by atoms with E-state index in [1.807, 2.05) is 24.3 Å². The molecule has 2 aromatic carbocycles. The van der Waals surface area contributed by atoms with Crippen molar-refractivity contribution in [3.05, 3.63) is 54.1 Å². The van der Waals surface area contributed by atoms with Gasteiger partial charge in [0, 0.05) is 12.7 Å². The lowest BCUT2D eigenvalue weighted by Crippen LogP contribution is -2.44. The number of nitrogens with one attached hydrogen (secondary N) is 1. The maximum Gasteiger partial charge on any atom is 0.324 e. The Labute approximate surface area is 142 Å². The highest BCUT2D eigenvalue weighted by atomic mass is 16.5. The summed E-state index contributed by atoms with van der Waals surface area (Å²) in [4.78, 5) is 13.8. The quantitative estimate of drug-likeness (QED) is 0.813. The third-order valence-corrected chi connectivity index (χ3v) is 3.71. The maximum atomic E-state index is 12.3. The average molecular weight is 328 g/mol. The SMILES string of the molecule is CC(NC(=O)N(C)c1ccc(O)cc1)Oc1ccccc1C(C)C. The van der Waals surface area contributed by atoms with Gasteiger partial charge in [-0.1, -0.05) is 32.0 Å². The van der Waals surface area contributed by atoms with Crippen LogP contribution in [-0.4, -0.2) is 24.4 Å². The van der Waals surface area contributed by atoms with Crippen LogP contribution in [0.3, 0.4) is 0 Å². The summed E-state index contributed by atoms with van der Waals surface area (Å²) in [7, 11) is 1.66. The summed E-state index contributed by atoms with van der Waals surface area (Å²) in [5.74, 6) is 1.27. The number of anilines is 1. The van der Waals surface area contributed by atoms with Crippen LogP contribution < -0.4 is 15.0 Å². The van der Waals surface area contributed by atoms with E-state index in [0.29, 0.717) is 11.6 Å². The Hall–Kier alpha value is -2.69. The van der Waals surface area contributed by atoms with Gasteiger partial charge in [0.05, 0.1) is 0 Å². The number of ether oxygens (including phenoxy) is 1. The largest absolute Gasteiger partial charge is 0.508 e. The first-order chi connectivity index (χ1) is 11.4. The summed E-state index contributed by atoms with van der Waals surface area (Å²) < 4.78 is 5.88. The second-order valence-corrected chi connectivity index (χ2v) is 5.98. The lowest BCUT2D eigenvalue weighted by atomic mass is 10.0. The number of carbonyl (C=O) groups is 1. The highest BCUT2D eigenvalue weighted by molar-refractivity contribution is 5.91. The molecule has 0 fully saturated rings. The molecule has 0 heterocycles. The van der Waals surface area contributed by atoms with Crippen molar-refractivity contribution in [2.24, 2.45) is 0 Å². The van der Waals surface area contributed by atoms with E-state index < -0.39 is 6.23 Å². The summed E-state index contributed by atoms with van der Waals surface area (Å²) >= 11 is 0. The van der Waals surface area contributed by atoms with Gasteiger partial charge in [-0.25, -0.2) is 4.79 Å². The molecule has 1 unspecified atom stereocenters. The van der Waals surface area contributed by atoms with Crippen LogP contribution in [-0.2, 0) is 0 Å². The molecule has 2 amide bonds. The van der Waals surface area contributed by atoms with Crippen molar-refractivity contribution in [1.82, 2.24) is 5.32 Å². The number of phenols is 1. The topological polar surface area (TPSA) is 61.8 Å². The minimum Gasteiger partial charge on any atom is -0.508 e. The number of nitrogens with zero attached hydrogens (tertiary/aromatic N) is 1. The molecule has 0 aromatic heterocycles. The van der Waals surface area contributed by atoms with E-state index in [-0.39, 0.29) is 11.8 Å². The molecule has 0 aliphatic rings. The van der Waals surface area contributed by atoms with Crippen molar-refractivity contribution >= 4 is 11.7 Å². The van der Waals surface area contributed by atoms with Gasteiger partial charge in [-0.2, -0.15) is 0 Å². The lowest BCUT2D eigenvalue weighted by molar-refractivity contribution is 0.179. The van der Waals surface area contributed by atoms with E-state index in [2.05, 4.69) is 19.2 Å². The number of rotatable bonds is 5. The van der Waals surface area contributed by atoms with Crippen LogP contribution in [0.15, 0.2) is 48.5 Å². The Balaban J connectivity index is 2.00. The Morgan fingerprint density at radius 3 is 2.33 bits per heavy atom. The summed E-state index contributed by atoms with van der Waals surface area (Å²) in [6, 6.07) is 14.0. The molecule has 1 atom stereocenters. The highest BCUT2D eigenvalue weighted by Gasteiger charge is 2.16. The van der Waals surface area contributed by atoms with Crippen LogP contribution in [0.2, 0.25) is 0 Å². The molecular weight excluding hydrogens is 304 g/mol. The Bertz CT molecular complexity index is 683. The van der Waals surface area contributed by atoms with Gasteiger partial charge in [-0.3, -0.25) is 4.90 Å². The first-order valence-corrected chi connectivity index (χ1v) is 7.97. The molecule has 2 N–H and O–H groups in total. The lowest BCUT2D eigenvalue weighted by Gasteiger charge is -2.23. The minimum atomic E-state index is -0.475. The van der Waals surface area contributed by atoms with Gasteiger partial charge in [-0.05, 0) is 48.7 Å². The van der Waals surface area contributed by atoms with Crippen molar-refractivity contribution in [1.29, 1.82) is 0 Å². The van der Waals surface area contributed by atoms with Gasteiger partial charge in [0.1, 0.15) is 11.5 Å². The van der Waals surface area contributed by atoms with Crippen molar-refractivity contribution in [2.75, 3.05) is 11.9 Å². The number of benzene rings is 2. The van der Waals surface area contributed by atoms with E-state index in [4.69, 9.17) is 4.74 Å². The second kappa shape index (κ2) is 7.73.